The maximum atomic E-state index is 13.2. The molecule has 0 unspecified atom stereocenters. The van der Waals surface area contributed by atoms with Crippen molar-refractivity contribution in [1.82, 2.24) is 9.62 Å². The Bertz CT molecular complexity index is 1120. The van der Waals surface area contributed by atoms with Crippen molar-refractivity contribution in [3.63, 3.8) is 0 Å². The summed E-state index contributed by atoms with van der Waals surface area (Å²) in [6, 6.07) is 12.5. The molecule has 1 fully saturated rings. The standard InChI is InChI=1S/C20H20ClN3O4S2/c21-15-3-1-4-16(13-15)23-7-9-24(10-8-23)30(26,27)18-6-12-29-19(18)20(25)22-14-17-5-2-11-28-17/h1-6,11-13H,7-10,14H2,(H,22,25). The summed E-state index contributed by atoms with van der Waals surface area (Å²) in [4.78, 5) is 14.9. The highest BCUT2D eigenvalue weighted by Crippen LogP contribution is 2.27. The van der Waals surface area contributed by atoms with Crippen LogP contribution in [0.15, 0.2) is 63.4 Å². The van der Waals surface area contributed by atoms with E-state index in [1.807, 2.05) is 18.2 Å². The van der Waals surface area contributed by atoms with Crippen molar-refractivity contribution in [2.45, 2.75) is 11.4 Å². The fourth-order valence-corrected chi connectivity index (χ4v) is 6.25. The molecule has 0 bridgehead atoms. The molecule has 1 aliphatic heterocycles. The fourth-order valence-electron chi connectivity index (χ4n) is 3.33. The number of amides is 1. The monoisotopic (exact) mass is 465 g/mol. The maximum absolute atomic E-state index is 13.2. The topological polar surface area (TPSA) is 82.9 Å². The minimum atomic E-state index is -3.77. The van der Waals surface area contributed by atoms with Gasteiger partial charge in [-0.3, -0.25) is 4.79 Å². The first-order valence-corrected chi connectivity index (χ1v) is 12.0. The molecule has 3 heterocycles. The second-order valence-electron chi connectivity index (χ2n) is 6.75. The van der Waals surface area contributed by atoms with Crippen LogP contribution >= 0.6 is 22.9 Å². The second kappa shape index (κ2) is 8.81. The van der Waals surface area contributed by atoms with Crippen LogP contribution in [0.5, 0.6) is 0 Å². The summed E-state index contributed by atoms with van der Waals surface area (Å²) in [6.07, 6.45) is 1.52. The summed E-state index contributed by atoms with van der Waals surface area (Å²) < 4.78 is 33.0. The Balaban J connectivity index is 1.44. The molecule has 0 radical (unpaired) electrons. The lowest BCUT2D eigenvalue weighted by molar-refractivity contribution is 0.0949. The molecule has 0 saturated carbocycles. The van der Waals surface area contributed by atoms with Crippen LogP contribution in [0.4, 0.5) is 5.69 Å². The lowest BCUT2D eigenvalue weighted by Gasteiger charge is -2.35. The molecular formula is C20H20ClN3O4S2. The number of carbonyl (C=O) groups excluding carboxylic acids is 1. The summed E-state index contributed by atoms with van der Waals surface area (Å²) in [5.74, 6) is 0.166. The zero-order valence-electron chi connectivity index (χ0n) is 16.0. The molecule has 1 N–H and O–H groups in total. The number of carbonyl (C=O) groups is 1. The number of nitrogens with one attached hydrogen (secondary N) is 1. The summed E-state index contributed by atoms with van der Waals surface area (Å²) in [5, 5.41) is 4.98. The molecular weight excluding hydrogens is 446 g/mol. The average molecular weight is 466 g/mol. The van der Waals surface area contributed by atoms with Crippen molar-refractivity contribution in [1.29, 1.82) is 0 Å². The molecule has 0 spiro atoms. The molecule has 1 saturated heterocycles. The predicted molar refractivity (Wildman–Crippen MR) is 117 cm³/mol. The highest BCUT2D eigenvalue weighted by atomic mass is 35.5. The minimum absolute atomic E-state index is 0.0423. The molecule has 1 amide bonds. The third kappa shape index (κ3) is 4.39. The first kappa shape index (κ1) is 20.9. The molecule has 3 aromatic rings. The van der Waals surface area contributed by atoms with Crippen LogP contribution in [0.25, 0.3) is 0 Å². The highest BCUT2D eigenvalue weighted by Gasteiger charge is 2.32. The van der Waals surface area contributed by atoms with Gasteiger partial charge in [0.2, 0.25) is 10.0 Å². The average Bonchev–Trinajstić information content (AvgIpc) is 3.44. The zero-order valence-corrected chi connectivity index (χ0v) is 18.3. The SMILES string of the molecule is O=C(NCc1ccco1)c1sccc1S(=O)(=O)N1CCN(c2cccc(Cl)c2)CC1. The molecule has 30 heavy (non-hydrogen) atoms. The van der Waals surface area contributed by atoms with E-state index >= 15 is 0 Å². The van der Waals surface area contributed by atoms with Gasteiger partial charge in [-0.25, -0.2) is 8.42 Å². The predicted octanol–water partition coefficient (Wildman–Crippen LogP) is 3.44. The summed E-state index contributed by atoms with van der Waals surface area (Å²) in [5.41, 5.74) is 0.966. The number of piperazine rings is 1. The number of benzene rings is 1. The summed E-state index contributed by atoms with van der Waals surface area (Å²) in [7, 11) is -3.77. The lowest BCUT2D eigenvalue weighted by atomic mass is 10.2. The van der Waals surface area contributed by atoms with E-state index in [9.17, 15) is 13.2 Å². The molecule has 4 rings (SSSR count). The van der Waals surface area contributed by atoms with Gasteiger partial charge in [0, 0.05) is 36.9 Å². The van der Waals surface area contributed by atoms with E-state index in [2.05, 4.69) is 10.2 Å². The first-order valence-electron chi connectivity index (χ1n) is 9.34. The number of sulfonamides is 1. The Morgan fingerprint density at radius 2 is 1.93 bits per heavy atom. The van der Waals surface area contributed by atoms with E-state index in [0.717, 1.165) is 17.0 Å². The van der Waals surface area contributed by atoms with Crippen LogP contribution in [-0.2, 0) is 16.6 Å². The number of hydrogen-bond acceptors (Lipinski definition) is 6. The van der Waals surface area contributed by atoms with Gasteiger partial charge in [-0.2, -0.15) is 4.31 Å². The van der Waals surface area contributed by atoms with E-state index in [0.29, 0.717) is 37.0 Å². The first-order chi connectivity index (χ1) is 14.4. The largest absolute Gasteiger partial charge is 0.467 e. The molecule has 2 aromatic heterocycles. The van der Waals surface area contributed by atoms with Gasteiger partial charge < -0.3 is 14.6 Å². The third-order valence-electron chi connectivity index (χ3n) is 4.87. The van der Waals surface area contributed by atoms with Crippen LogP contribution in [0.2, 0.25) is 5.02 Å². The Labute approximate surface area is 183 Å². The van der Waals surface area contributed by atoms with Crippen LogP contribution in [-0.4, -0.2) is 44.8 Å². The van der Waals surface area contributed by atoms with Crippen LogP contribution in [0, 0.1) is 0 Å². The number of furan rings is 1. The van der Waals surface area contributed by atoms with E-state index in [4.69, 9.17) is 16.0 Å². The number of rotatable bonds is 6. The van der Waals surface area contributed by atoms with Gasteiger partial charge in [0.25, 0.3) is 5.91 Å². The Morgan fingerprint density at radius 1 is 1.13 bits per heavy atom. The minimum Gasteiger partial charge on any atom is -0.467 e. The number of halogens is 1. The quantitative estimate of drug-likeness (QED) is 0.603. The summed E-state index contributed by atoms with van der Waals surface area (Å²) >= 11 is 7.17. The van der Waals surface area contributed by atoms with Crippen LogP contribution < -0.4 is 10.2 Å². The van der Waals surface area contributed by atoms with Gasteiger partial charge in [-0.1, -0.05) is 17.7 Å². The fraction of sp³-hybridized carbons (Fsp3) is 0.250. The van der Waals surface area contributed by atoms with E-state index in [1.165, 1.54) is 16.6 Å². The van der Waals surface area contributed by atoms with Gasteiger partial charge in [0.15, 0.2) is 0 Å². The van der Waals surface area contributed by atoms with Crippen molar-refractivity contribution in [3.05, 3.63) is 69.8 Å². The van der Waals surface area contributed by atoms with Gasteiger partial charge >= 0.3 is 0 Å². The van der Waals surface area contributed by atoms with E-state index < -0.39 is 15.9 Å². The molecule has 10 heteroatoms. The van der Waals surface area contributed by atoms with Crippen LogP contribution in [0.1, 0.15) is 15.4 Å². The normalized spacial score (nSPS) is 15.3. The van der Waals surface area contributed by atoms with Gasteiger partial charge in [-0.15, -0.1) is 11.3 Å². The number of hydrogen-bond donors (Lipinski definition) is 1. The maximum Gasteiger partial charge on any atom is 0.263 e. The smallest absolute Gasteiger partial charge is 0.263 e. The highest BCUT2D eigenvalue weighted by molar-refractivity contribution is 7.89. The molecule has 7 nitrogen and oxygen atoms in total. The molecule has 158 valence electrons. The van der Waals surface area contributed by atoms with E-state index in [1.54, 1.807) is 23.6 Å². The van der Waals surface area contributed by atoms with Crippen molar-refractivity contribution in [3.8, 4) is 0 Å². The number of thiophene rings is 1. The van der Waals surface area contributed by atoms with Crippen LogP contribution in [0.3, 0.4) is 0 Å². The zero-order chi connectivity index (χ0) is 21.1. The lowest BCUT2D eigenvalue weighted by Crippen LogP contribution is -2.48. The third-order valence-corrected chi connectivity index (χ3v) is 8.09. The molecule has 0 atom stereocenters. The Kier molecular flexibility index (Phi) is 6.14. The van der Waals surface area contributed by atoms with Crippen molar-refractivity contribution in [2.24, 2.45) is 0 Å². The number of anilines is 1. The van der Waals surface area contributed by atoms with Gasteiger partial charge in [0.05, 0.1) is 12.8 Å². The van der Waals surface area contributed by atoms with E-state index in [-0.39, 0.29) is 16.3 Å². The Hall–Kier alpha value is -2.33. The Morgan fingerprint density at radius 3 is 2.63 bits per heavy atom. The van der Waals surface area contributed by atoms with Crippen molar-refractivity contribution < 1.29 is 17.6 Å². The second-order valence-corrected chi connectivity index (χ2v) is 10.0. The number of nitrogens with zero attached hydrogens (tertiary/aromatic N) is 2. The molecule has 1 aliphatic rings. The van der Waals surface area contributed by atoms with Crippen molar-refractivity contribution >= 4 is 44.6 Å². The summed E-state index contributed by atoms with van der Waals surface area (Å²) in [6.45, 7) is 1.95. The molecule has 0 aliphatic carbocycles. The van der Waals surface area contributed by atoms with Crippen molar-refractivity contribution in [2.75, 3.05) is 31.1 Å². The van der Waals surface area contributed by atoms with Gasteiger partial charge in [0.1, 0.15) is 15.5 Å². The van der Waals surface area contributed by atoms with Gasteiger partial charge in [-0.05, 0) is 41.8 Å². The molecule has 1 aromatic carbocycles.